The largest absolute Gasteiger partial charge is 0.389 e. The SMILES string of the molecule is CC=C(CCC(F)(F)F)CC1([SiH3])CCCCO1. The summed E-state index contributed by atoms with van der Waals surface area (Å²) in [5.74, 6) is 0. The lowest BCUT2D eigenvalue weighted by atomic mass is 9.97. The molecule has 1 atom stereocenters. The molecule has 0 saturated carbocycles. The first-order valence-corrected chi connectivity index (χ1v) is 7.19. The van der Waals surface area contributed by atoms with Gasteiger partial charge in [-0.3, -0.25) is 0 Å². The fourth-order valence-electron chi connectivity index (χ4n) is 2.25. The van der Waals surface area contributed by atoms with E-state index in [1.165, 1.54) is 0 Å². The van der Waals surface area contributed by atoms with Gasteiger partial charge in [0.25, 0.3) is 0 Å². The Bertz CT molecular complexity index is 267. The van der Waals surface area contributed by atoms with Crippen molar-refractivity contribution >= 4 is 10.2 Å². The monoisotopic (exact) mass is 266 g/mol. The van der Waals surface area contributed by atoms with Gasteiger partial charge in [-0.25, -0.2) is 0 Å². The minimum atomic E-state index is -4.06. The predicted octanol–water partition coefficient (Wildman–Crippen LogP) is 2.93. The molecule has 1 nitrogen and oxygen atoms in total. The molecule has 0 aliphatic carbocycles. The Morgan fingerprint density at radius 1 is 1.41 bits per heavy atom. The number of alkyl halides is 3. The van der Waals surface area contributed by atoms with Gasteiger partial charge in [0.05, 0.1) is 5.22 Å². The summed E-state index contributed by atoms with van der Waals surface area (Å²) in [7, 11) is 0.885. The third kappa shape index (κ3) is 5.72. The van der Waals surface area contributed by atoms with E-state index in [2.05, 4.69) is 0 Å². The van der Waals surface area contributed by atoms with Crippen LogP contribution >= 0.6 is 0 Å². The summed E-state index contributed by atoms with van der Waals surface area (Å²) in [5.41, 5.74) is 0.888. The molecule has 1 heterocycles. The normalized spacial score (nSPS) is 27.4. The number of hydrogen-bond acceptors (Lipinski definition) is 1. The van der Waals surface area contributed by atoms with Crippen molar-refractivity contribution in [2.24, 2.45) is 0 Å². The highest BCUT2D eigenvalue weighted by Crippen LogP contribution is 2.32. The van der Waals surface area contributed by atoms with E-state index in [1.54, 1.807) is 0 Å². The van der Waals surface area contributed by atoms with Crippen LogP contribution in [-0.4, -0.2) is 28.2 Å². The van der Waals surface area contributed by atoms with Crippen LogP contribution in [0.15, 0.2) is 11.6 Å². The van der Waals surface area contributed by atoms with Crippen LogP contribution in [0.3, 0.4) is 0 Å². The molecule has 17 heavy (non-hydrogen) atoms. The van der Waals surface area contributed by atoms with E-state index in [0.29, 0.717) is 6.42 Å². The molecule has 0 aromatic carbocycles. The Morgan fingerprint density at radius 2 is 2.12 bits per heavy atom. The maximum atomic E-state index is 12.2. The van der Waals surface area contributed by atoms with Gasteiger partial charge >= 0.3 is 6.18 Å². The first kappa shape index (κ1) is 14.8. The molecule has 1 rings (SSSR count). The molecule has 5 heteroatoms. The lowest BCUT2D eigenvalue weighted by molar-refractivity contribution is -0.134. The van der Waals surface area contributed by atoms with Gasteiger partial charge in [-0.15, -0.1) is 0 Å². The van der Waals surface area contributed by atoms with E-state index >= 15 is 0 Å². The molecule has 0 radical (unpaired) electrons. The average molecular weight is 266 g/mol. The van der Waals surface area contributed by atoms with Crippen molar-refractivity contribution in [3.8, 4) is 0 Å². The second kappa shape index (κ2) is 6.04. The van der Waals surface area contributed by atoms with Crippen molar-refractivity contribution in [1.29, 1.82) is 0 Å². The smallest absolute Gasteiger partial charge is 0.379 e. The number of halogens is 3. The van der Waals surface area contributed by atoms with E-state index in [4.69, 9.17) is 4.74 Å². The summed E-state index contributed by atoms with van der Waals surface area (Å²) in [6.07, 6.45) is 1.08. The van der Waals surface area contributed by atoms with Crippen molar-refractivity contribution in [2.75, 3.05) is 6.61 Å². The molecular formula is C12H21F3OSi. The zero-order chi connectivity index (χ0) is 12.9. The Morgan fingerprint density at radius 3 is 2.59 bits per heavy atom. The van der Waals surface area contributed by atoms with Crippen LogP contribution in [0.1, 0.15) is 45.4 Å². The quantitative estimate of drug-likeness (QED) is 0.561. The van der Waals surface area contributed by atoms with Crippen LogP contribution in [0.4, 0.5) is 13.2 Å². The minimum absolute atomic E-state index is 0.118. The average Bonchev–Trinajstić information content (AvgIpc) is 2.24. The molecule has 1 fully saturated rings. The standard InChI is InChI=1S/C12H21F3OSi/c1-2-10(5-7-12(13,14)15)9-11(17)6-3-4-8-16-11/h2H,3-9H2,1,17H3. The highest BCUT2D eigenvalue weighted by molar-refractivity contribution is 6.14. The molecule has 0 amide bonds. The van der Waals surface area contributed by atoms with Gasteiger partial charge in [0.2, 0.25) is 0 Å². The van der Waals surface area contributed by atoms with Gasteiger partial charge in [-0.2, -0.15) is 13.2 Å². The second-order valence-electron chi connectivity index (χ2n) is 4.99. The van der Waals surface area contributed by atoms with Crippen LogP contribution in [0, 0.1) is 0 Å². The molecule has 1 saturated heterocycles. The summed E-state index contributed by atoms with van der Waals surface area (Å²) in [6.45, 7) is 2.58. The van der Waals surface area contributed by atoms with Crippen LogP contribution in [0.25, 0.3) is 0 Å². The fourth-order valence-corrected chi connectivity index (χ4v) is 3.26. The van der Waals surface area contributed by atoms with Gasteiger partial charge < -0.3 is 4.74 Å². The van der Waals surface area contributed by atoms with Crippen molar-refractivity contribution in [3.63, 3.8) is 0 Å². The van der Waals surface area contributed by atoms with Crippen LogP contribution < -0.4 is 0 Å². The number of ether oxygens (including phenoxy) is 1. The summed E-state index contributed by atoms with van der Waals surface area (Å²) in [5, 5.41) is -0.119. The van der Waals surface area contributed by atoms with Crippen molar-refractivity contribution < 1.29 is 17.9 Å². The van der Waals surface area contributed by atoms with Gasteiger partial charge in [0.15, 0.2) is 0 Å². The maximum Gasteiger partial charge on any atom is 0.389 e. The van der Waals surface area contributed by atoms with Crippen LogP contribution in [0.5, 0.6) is 0 Å². The zero-order valence-corrected chi connectivity index (χ0v) is 12.6. The Kier molecular flexibility index (Phi) is 5.25. The molecular weight excluding hydrogens is 245 g/mol. The molecule has 0 N–H and O–H groups in total. The summed E-state index contributed by atoms with van der Waals surface area (Å²) >= 11 is 0. The van der Waals surface area contributed by atoms with Crippen LogP contribution in [0.2, 0.25) is 0 Å². The van der Waals surface area contributed by atoms with E-state index in [9.17, 15) is 13.2 Å². The highest BCUT2D eigenvalue weighted by Gasteiger charge is 2.31. The Balaban J connectivity index is 2.46. The lowest BCUT2D eigenvalue weighted by Gasteiger charge is -2.35. The van der Waals surface area contributed by atoms with E-state index in [1.807, 2.05) is 13.0 Å². The molecule has 1 unspecified atom stereocenters. The molecule has 0 spiro atoms. The Labute approximate surface area is 104 Å². The van der Waals surface area contributed by atoms with Gasteiger partial charge in [-0.05, 0) is 39.0 Å². The van der Waals surface area contributed by atoms with E-state index in [-0.39, 0.29) is 11.6 Å². The third-order valence-electron chi connectivity index (χ3n) is 3.29. The number of allylic oxidation sites excluding steroid dienone is 1. The fraction of sp³-hybridized carbons (Fsp3) is 0.833. The predicted molar refractivity (Wildman–Crippen MR) is 66.1 cm³/mol. The van der Waals surface area contributed by atoms with Crippen LogP contribution in [-0.2, 0) is 4.74 Å². The minimum Gasteiger partial charge on any atom is -0.379 e. The topological polar surface area (TPSA) is 9.23 Å². The Hall–Kier alpha value is -0.293. The van der Waals surface area contributed by atoms with E-state index in [0.717, 1.165) is 41.7 Å². The van der Waals surface area contributed by atoms with Gasteiger partial charge in [0.1, 0.15) is 0 Å². The van der Waals surface area contributed by atoms with Gasteiger partial charge in [0, 0.05) is 23.3 Å². The lowest BCUT2D eigenvalue weighted by Crippen LogP contribution is -2.37. The third-order valence-corrected chi connectivity index (χ3v) is 4.43. The molecule has 1 aliphatic heterocycles. The summed E-state index contributed by atoms with van der Waals surface area (Å²) in [4.78, 5) is 0. The van der Waals surface area contributed by atoms with Crippen molar-refractivity contribution in [3.05, 3.63) is 11.6 Å². The number of rotatable bonds is 4. The second-order valence-corrected chi connectivity index (χ2v) is 6.82. The zero-order valence-electron chi connectivity index (χ0n) is 10.6. The molecule has 0 aromatic rings. The highest BCUT2D eigenvalue weighted by atomic mass is 28.1. The summed E-state index contributed by atoms with van der Waals surface area (Å²) in [6, 6.07) is 0. The summed E-state index contributed by atoms with van der Waals surface area (Å²) < 4.78 is 42.3. The number of hydrogen-bond donors (Lipinski definition) is 0. The molecule has 0 aromatic heterocycles. The van der Waals surface area contributed by atoms with Crippen molar-refractivity contribution in [1.82, 2.24) is 0 Å². The first-order valence-electron chi connectivity index (χ1n) is 6.19. The first-order chi connectivity index (χ1) is 7.85. The molecule has 0 bridgehead atoms. The van der Waals surface area contributed by atoms with Crippen molar-refractivity contribution in [2.45, 2.75) is 56.8 Å². The van der Waals surface area contributed by atoms with E-state index < -0.39 is 12.6 Å². The maximum absolute atomic E-state index is 12.2. The molecule has 1 aliphatic rings. The van der Waals surface area contributed by atoms with Gasteiger partial charge in [-0.1, -0.05) is 11.6 Å². The molecule has 100 valence electrons.